The SMILES string of the molecule is NC(=O)C(=O)C=C1CCCN1. The summed E-state index contributed by atoms with van der Waals surface area (Å²) in [6.07, 6.45) is 3.12. The van der Waals surface area contributed by atoms with Crippen LogP contribution in [0.3, 0.4) is 0 Å². The average molecular weight is 154 g/mol. The normalized spacial score (nSPS) is 19.8. The second kappa shape index (κ2) is 3.18. The molecule has 0 saturated carbocycles. The fraction of sp³-hybridized carbons (Fsp3) is 0.429. The zero-order valence-electron chi connectivity index (χ0n) is 6.09. The molecule has 1 amide bonds. The van der Waals surface area contributed by atoms with E-state index in [1.165, 1.54) is 6.08 Å². The molecular weight excluding hydrogens is 144 g/mol. The molecule has 1 heterocycles. The van der Waals surface area contributed by atoms with Crippen molar-refractivity contribution in [2.24, 2.45) is 5.73 Å². The highest BCUT2D eigenvalue weighted by atomic mass is 16.2. The highest BCUT2D eigenvalue weighted by Gasteiger charge is 2.10. The number of nitrogens with one attached hydrogen (secondary N) is 1. The summed E-state index contributed by atoms with van der Waals surface area (Å²) in [5.41, 5.74) is 5.57. The molecule has 11 heavy (non-hydrogen) atoms. The third kappa shape index (κ3) is 2.07. The smallest absolute Gasteiger partial charge is 0.289 e. The Balaban J connectivity index is 2.56. The lowest BCUT2D eigenvalue weighted by atomic mass is 10.2. The lowest BCUT2D eigenvalue weighted by Gasteiger charge is -1.94. The molecule has 4 nitrogen and oxygen atoms in total. The molecule has 0 aromatic carbocycles. The number of primary amides is 1. The Bertz CT molecular complexity index is 212. The summed E-state index contributed by atoms with van der Waals surface area (Å²) in [5, 5.41) is 2.97. The van der Waals surface area contributed by atoms with Gasteiger partial charge in [0.05, 0.1) is 0 Å². The number of ketones is 1. The fourth-order valence-corrected chi connectivity index (χ4v) is 0.969. The van der Waals surface area contributed by atoms with Gasteiger partial charge in [0, 0.05) is 18.3 Å². The molecule has 0 aromatic rings. The second-order valence-corrected chi connectivity index (χ2v) is 2.43. The van der Waals surface area contributed by atoms with Crippen LogP contribution in [0.1, 0.15) is 12.8 Å². The fourth-order valence-electron chi connectivity index (χ4n) is 0.969. The summed E-state index contributed by atoms with van der Waals surface area (Å²) in [5.74, 6) is -1.53. The van der Waals surface area contributed by atoms with Crippen molar-refractivity contribution in [3.05, 3.63) is 11.8 Å². The van der Waals surface area contributed by atoms with E-state index in [4.69, 9.17) is 5.73 Å². The molecule has 4 heteroatoms. The van der Waals surface area contributed by atoms with Crippen LogP contribution in [0.4, 0.5) is 0 Å². The van der Waals surface area contributed by atoms with Crippen molar-refractivity contribution in [3.63, 3.8) is 0 Å². The highest BCUT2D eigenvalue weighted by molar-refractivity contribution is 6.40. The van der Waals surface area contributed by atoms with E-state index >= 15 is 0 Å². The van der Waals surface area contributed by atoms with Crippen LogP contribution in [0.2, 0.25) is 0 Å². The molecule has 0 aliphatic carbocycles. The largest absolute Gasteiger partial charge is 0.388 e. The maximum atomic E-state index is 10.7. The third-order valence-electron chi connectivity index (χ3n) is 1.52. The summed E-state index contributed by atoms with van der Waals surface area (Å²) in [6, 6.07) is 0. The standard InChI is InChI=1S/C7H10N2O2/c8-7(11)6(10)4-5-2-1-3-9-5/h4,9H,1-3H2,(H2,8,11). The van der Waals surface area contributed by atoms with E-state index in [9.17, 15) is 9.59 Å². The van der Waals surface area contributed by atoms with Gasteiger partial charge in [0.25, 0.3) is 5.91 Å². The van der Waals surface area contributed by atoms with Gasteiger partial charge >= 0.3 is 0 Å². The number of rotatable bonds is 2. The van der Waals surface area contributed by atoms with Gasteiger partial charge in [-0.15, -0.1) is 0 Å². The Morgan fingerprint density at radius 3 is 2.73 bits per heavy atom. The predicted molar refractivity (Wildman–Crippen MR) is 39.5 cm³/mol. The molecule has 1 aliphatic heterocycles. The number of hydrogen-bond acceptors (Lipinski definition) is 3. The Labute approximate surface area is 64.4 Å². The van der Waals surface area contributed by atoms with Gasteiger partial charge < -0.3 is 11.1 Å². The first-order valence-corrected chi connectivity index (χ1v) is 3.48. The minimum atomic E-state index is -0.897. The van der Waals surface area contributed by atoms with Gasteiger partial charge in [-0.1, -0.05) is 0 Å². The minimum Gasteiger partial charge on any atom is -0.388 e. The average Bonchev–Trinajstić information content (AvgIpc) is 2.39. The van der Waals surface area contributed by atoms with Crippen molar-refractivity contribution < 1.29 is 9.59 Å². The van der Waals surface area contributed by atoms with Crippen molar-refractivity contribution in [2.45, 2.75) is 12.8 Å². The van der Waals surface area contributed by atoms with E-state index in [2.05, 4.69) is 5.32 Å². The van der Waals surface area contributed by atoms with Crippen molar-refractivity contribution in [1.82, 2.24) is 5.32 Å². The van der Waals surface area contributed by atoms with Crippen LogP contribution in [0.5, 0.6) is 0 Å². The lowest BCUT2D eigenvalue weighted by molar-refractivity contribution is -0.133. The first-order valence-electron chi connectivity index (χ1n) is 3.48. The zero-order chi connectivity index (χ0) is 8.27. The molecule has 60 valence electrons. The van der Waals surface area contributed by atoms with Crippen LogP contribution in [0.25, 0.3) is 0 Å². The highest BCUT2D eigenvalue weighted by Crippen LogP contribution is 2.07. The van der Waals surface area contributed by atoms with Crippen LogP contribution in [0, 0.1) is 0 Å². The monoisotopic (exact) mass is 154 g/mol. The number of allylic oxidation sites excluding steroid dienone is 1. The molecule has 0 atom stereocenters. The predicted octanol–water partition coefficient (Wildman–Crippen LogP) is -0.692. The molecule has 0 aromatic heterocycles. The van der Waals surface area contributed by atoms with E-state index < -0.39 is 11.7 Å². The van der Waals surface area contributed by atoms with Gasteiger partial charge in [-0.2, -0.15) is 0 Å². The topological polar surface area (TPSA) is 72.2 Å². The summed E-state index contributed by atoms with van der Waals surface area (Å²) in [6.45, 7) is 0.873. The first-order chi connectivity index (χ1) is 5.20. The Hall–Kier alpha value is -1.32. The van der Waals surface area contributed by atoms with Gasteiger partial charge in [0.15, 0.2) is 0 Å². The summed E-state index contributed by atoms with van der Waals surface area (Å²) < 4.78 is 0. The molecule has 0 bridgehead atoms. The van der Waals surface area contributed by atoms with E-state index in [0.29, 0.717) is 0 Å². The second-order valence-electron chi connectivity index (χ2n) is 2.43. The maximum absolute atomic E-state index is 10.7. The number of carbonyl (C=O) groups excluding carboxylic acids is 2. The molecule has 1 fully saturated rings. The molecule has 0 spiro atoms. The molecule has 0 unspecified atom stereocenters. The van der Waals surface area contributed by atoms with Gasteiger partial charge in [0.1, 0.15) is 0 Å². The Morgan fingerprint density at radius 1 is 1.55 bits per heavy atom. The van der Waals surface area contributed by atoms with E-state index in [1.54, 1.807) is 0 Å². The number of nitrogens with two attached hydrogens (primary N) is 1. The van der Waals surface area contributed by atoms with Gasteiger partial charge in [0.2, 0.25) is 5.78 Å². The Kier molecular flexibility index (Phi) is 2.25. The maximum Gasteiger partial charge on any atom is 0.289 e. The van der Waals surface area contributed by atoms with E-state index in [-0.39, 0.29) is 0 Å². The Morgan fingerprint density at radius 2 is 2.27 bits per heavy atom. The van der Waals surface area contributed by atoms with Crippen LogP contribution in [-0.2, 0) is 9.59 Å². The lowest BCUT2D eigenvalue weighted by Crippen LogP contribution is -2.22. The van der Waals surface area contributed by atoms with E-state index in [1.807, 2.05) is 0 Å². The third-order valence-corrected chi connectivity index (χ3v) is 1.52. The summed E-state index contributed by atoms with van der Waals surface area (Å²) in [7, 11) is 0. The van der Waals surface area contributed by atoms with Crippen molar-refractivity contribution in [1.29, 1.82) is 0 Å². The van der Waals surface area contributed by atoms with Crippen LogP contribution in [0.15, 0.2) is 11.8 Å². The molecular formula is C7H10N2O2. The molecule has 1 rings (SSSR count). The van der Waals surface area contributed by atoms with Crippen LogP contribution < -0.4 is 11.1 Å². The van der Waals surface area contributed by atoms with Crippen molar-refractivity contribution >= 4 is 11.7 Å². The molecule has 0 radical (unpaired) electrons. The van der Waals surface area contributed by atoms with Crippen LogP contribution >= 0.6 is 0 Å². The molecule has 3 N–H and O–H groups in total. The van der Waals surface area contributed by atoms with E-state index in [0.717, 1.165) is 25.1 Å². The molecule has 1 aliphatic rings. The van der Waals surface area contributed by atoms with Crippen molar-refractivity contribution in [3.8, 4) is 0 Å². The minimum absolute atomic E-state index is 0.630. The van der Waals surface area contributed by atoms with Crippen molar-refractivity contribution in [2.75, 3.05) is 6.54 Å². The number of hydrogen-bond donors (Lipinski definition) is 2. The van der Waals surface area contributed by atoms with Gasteiger partial charge in [-0.05, 0) is 12.8 Å². The van der Waals surface area contributed by atoms with Crippen LogP contribution in [-0.4, -0.2) is 18.2 Å². The van der Waals surface area contributed by atoms with Gasteiger partial charge in [-0.3, -0.25) is 9.59 Å². The number of amides is 1. The number of carbonyl (C=O) groups is 2. The summed E-state index contributed by atoms with van der Waals surface area (Å²) >= 11 is 0. The quantitative estimate of drug-likeness (QED) is 0.408. The molecule has 1 saturated heterocycles. The first kappa shape index (κ1) is 7.78. The summed E-state index contributed by atoms with van der Waals surface area (Å²) in [4.78, 5) is 21.0. The van der Waals surface area contributed by atoms with Gasteiger partial charge in [-0.25, -0.2) is 0 Å². The zero-order valence-corrected chi connectivity index (χ0v) is 6.09.